The third kappa shape index (κ3) is 2.50. The van der Waals surface area contributed by atoms with Crippen LogP contribution in [0, 0.1) is 0 Å². The molecule has 0 spiro atoms. The lowest BCUT2D eigenvalue weighted by Gasteiger charge is -2.38. The maximum atomic E-state index is 11.7. The summed E-state index contributed by atoms with van der Waals surface area (Å²) in [6.45, 7) is 3.60. The number of nitrogens with one attached hydrogen (secondary N) is 1. The van der Waals surface area contributed by atoms with E-state index in [1.54, 1.807) is 0 Å². The van der Waals surface area contributed by atoms with Crippen LogP contribution < -0.4 is 5.32 Å². The highest BCUT2D eigenvalue weighted by molar-refractivity contribution is 7.91. The third-order valence-corrected chi connectivity index (χ3v) is 5.78. The Hall–Kier alpha value is -0.170. The first-order chi connectivity index (χ1) is 8.14. The number of ether oxygens (including phenoxy) is 1. The van der Waals surface area contributed by atoms with Crippen molar-refractivity contribution in [3.05, 3.63) is 0 Å². The van der Waals surface area contributed by atoms with E-state index in [4.69, 9.17) is 4.74 Å². The van der Waals surface area contributed by atoms with E-state index in [0.717, 1.165) is 39.1 Å². The van der Waals surface area contributed by atoms with E-state index in [9.17, 15) is 8.42 Å². The highest BCUT2D eigenvalue weighted by atomic mass is 32.2. The molecule has 0 saturated carbocycles. The maximum Gasteiger partial charge on any atom is 0.153 e. The van der Waals surface area contributed by atoms with Crippen LogP contribution in [0.1, 0.15) is 12.8 Å². The summed E-state index contributed by atoms with van der Waals surface area (Å²) in [5, 5.41) is 3.33. The van der Waals surface area contributed by atoms with Crippen molar-refractivity contribution in [3.63, 3.8) is 0 Å². The molecule has 0 radical (unpaired) electrons. The van der Waals surface area contributed by atoms with Crippen LogP contribution in [0.4, 0.5) is 0 Å². The van der Waals surface area contributed by atoms with Gasteiger partial charge in [-0.15, -0.1) is 0 Å². The summed E-state index contributed by atoms with van der Waals surface area (Å²) in [4.78, 5) is 2.32. The number of piperazine rings is 1. The Balaban J connectivity index is 1.67. The second kappa shape index (κ2) is 4.50. The van der Waals surface area contributed by atoms with E-state index in [-0.39, 0.29) is 12.1 Å². The van der Waals surface area contributed by atoms with Crippen LogP contribution in [0.2, 0.25) is 0 Å². The number of hydrogen-bond donors (Lipinski definition) is 1. The molecule has 3 fully saturated rings. The average molecular weight is 260 g/mol. The van der Waals surface area contributed by atoms with E-state index >= 15 is 0 Å². The molecule has 3 atom stereocenters. The minimum atomic E-state index is -2.84. The zero-order valence-corrected chi connectivity index (χ0v) is 10.8. The first kappa shape index (κ1) is 11.9. The van der Waals surface area contributed by atoms with Crippen molar-refractivity contribution < 1.29 is 13.2 Å². The van der Waals surface area contributed by atoms with Gasteiger partial charge in [-0.1, -0.05) is 0 Å². The highest BCUT2D eigenvalue weighted by Crippen LogP contribution is 2.23. The van der Waals surface area contributed by atoms with Gasteiger partial charge in [0.1, 0.15) is 0 Å². The maximum absolute atomic E-state index is 11.7. The van der Waals surface area contributed by atoms with Crippen LogP contribution in [0.15, 0.2) is 0 Å². The van der Waals surface area contributed by atoms with Crippen molar-refractivity contribution in [2.75, 3.05) is 37.7 Å². The molecule has 6 heteroatoms. The smallest absolute Gasteiger partial charge is 0.153 e. The molecule has 0 aliphatic carbocycles. The Labute approximate surface area is 102 Å². The van der Waals surface area contributed by atoms with Gasteiger partial charge < -0.3 is 10.1 Å². The van der Waals surface area contributed by atoms with Gasteiger partial charge in [0.15, 0.2) is 9.84 Å². The lowest BCUT2D eigenvalue weighted by atomic mass is 10.1. The van der Waals surface area contributed by atoms with Crippen molar-refractivity contribution in [1.82, 2.24) is 10.2 Å². The predicted molar refractivity (Wildman–Crippen MR) is 64.8 cm³/mol. The normalized spacial score (nSPS) is 41.5. The minimum absolute atomic E-state index is 0.134. The Morgan fingerprint density at radius 1 is 1.35 bits per heavy atom. The second-order valence-corrected chi connectivity index (χ2v) is 7.49. The molecule has 0 aromatic heterocycles. The average Bonchev–Trinajstić information content (AvgIpc) is 2.84. The molecule has 3 rings (SSSR count). The lowest BCUT2D eigenvalue weighted by Crippen LogP contribution is -2.58. The molecule has 3 aliphatic rings. The van der Waals surface area contributed by atoms with Gasteiger partial charge in [-0.2, -0.15) is 0 Å². The Kier molecular flexibility index (Phi) is 3.15. The van der Waals surface area contributed by atoms with Gasteiger partial charge in [0.2, 0.25) is 0 Å². The Bertz CT molecular complexity index is 378. The Morgan fingerprint density at radius 2 is 2.24 bits per heavy atom. The number of fused-ring (bicyclic) bond motifs is 1. The van der Waals surface area contributed by atoms with Crippen LogP contribution in [-0.4, -0.2) is 69.3 Å². The van der Waals surface area contributed by atoms with Crippen molar-refractivity contribution >= 4 is 9.84 Å². The molecule has 5 nitrogen and oxygen atoms in total. The van der Waals surface area contributed by atoms with Crippen molar-refractivity contribution in [3.8, 4) is 0 Å². The molecule has 17 heavy (non-hydrogen) atoms. The molecule has 0 bridgehead atoms. The zero-order chi connectivity index (χ0) is 11.9. The van der Waals surface area contributed by atoms with Gasteiger partial charge in [0.05, 0.1) is 17.6 Å². The topological polar surface area (TPSA) is 58.6 Å². The van der Waals surface area contributed by atoms with Crippen LogP contribution >= 0.6 is 0 Å². The molecule has 0 aromatic carbocycles. The second-order valence-electron chi connectivity index (χ2n) is 5.33. The summed E-state index contributed by atoms with van der Waals surface area (Å²) < 4.78 is 29.0. The molecular weight excluding hydrogens is 240 g/mol. The van der Waals surface area contributed by atoms with Crippen LogP contribution in [0.25, 0.3) is 0 Å². The van der Waals surface area contributed by atoms with Crippen LogP contribution in [-0.2, 0) is 14.6 Å². The molecule has 3 heterocycles. The first-order valence-corrected chi connectivity index (χ1v) is 8.26. The fourth-order valence-electron chi connectivity index (χ4n) is 3.22. The van der Waals surface area contributed by atoms with Crippen LogP contribution in [0.5, 0.6) is 0 Å². The quantitative estimate of drug-likeness (QED) is 0.707. The van der Waals surface area contributed by atoms with E-state index in [1.165, 1.54) is 0 Å². The summed E-state index contributed by atoms with van der Waals surface area (Å²) in [5.74, 6) is 0.622. The van der Waals surface area contributed by atoms with E-state index < -0.39 is 9.84 Å². The molecular formula is C11H20N2O3S. The van der Waals surface area contributed by atoms with Gasteiger partial charge >= 0.3 is 0 Å². The first-order valence-electron chi connectivity index (χ1n) is 6.43. The third-order valence-electron chi connectivity index (χ3n) is 4.06. The number of hydrogen-bond acceptors (Lipinski definition) is 5. The zero-order valence-electron chi connectivity index (χ0n) is 9.97. The molecule has 98 valence electrons. The minimum Gasteiger partial charge on any atom is -0.377 e. The molecule has 0 aromatic rings. The molecule has 3 saturated heterocycles. The summed E-state index contributed by atoms with van der Waals surface area (Å²) in [5.41, 5.74) is 0. The fraction of sp³-hybridized carbons (Fsp3) is 1.00. The summed E-state index contributed by atoms with van der Waals surface area (Å²) in [7, 11) is -2.84. The monoisotopic (exact) mass is 260 g/mol. The standard InChI is InChI=1S/C11H20N2O3S/c14-17(15)7-10-11(8-17)13(4-3-12-10)6-9-2-1-5-16-9/h9-12H,1-8H2. The molecule has 0 amide bonds. The number of nitrogens with zero attached hydrogens (tertiary/aromatic N) is 1. The van der Waals surface area contributed by atoms with E-state index in [2.05, 4.69) is 10.2 Å². The van der Waals surface area contributed by atoms with Gasteiger partial charge in [0.25, 0.3) is 0 Å². The van der Waals surface area contributed by atoms with Crippen molar-refractivity contribution in [2.45, 2.75) is 31.0 Å². The molecule has 3 aliphatic heterocycles. The van der Waals surface area contributed by atoms with Gasteiger partial charge in [-0.3, -0.25) is 4.90 Å². The summed E-state index contributed by atoms with van der Waals surface area (Å²) >= 11 is 0. The van der Waals surface area contributed by atoms with Gasteiger partial charge in [0, 0.05) is 38.3 Å². The van der Waals surface area contributed by atoms with Crippen molar-refractivity contribution in [1.29, 1.82) is 0 Å². The summed E-state index contributed by atoms with van der Waals surface area (Å²) in [6, 6.07) is 0.299. The van der Waals surface area contributed by atoms with E-state index in [1.807, 2.05) is 0 Å². The fourth-order valence-corrected chi connectivity index (χ4v) is 5.21. The number of sulfone groups is 1. The lowest BCUT2D eigenvalue weighted by molar-refractivity contribution is 0.0462. The van der Waals surface area contributed by atoms with Gasteiger partial charge in [-0.25, -0.2) is 8.42 Å². The highest BCUT2D eigenvalue weighted by Gasteiger charge is 2.43. The molecule has 1 N–H and O–H groups in total. The molecule has 3 unspecified atom stereocenters. The van der Waals surface area contributed by atoms with Crippen LogP contribution in [0.3, 0.4) is 0 Å². The van der Waals surface area contributed by atoms with E-state index in [0.29, 0.717) is 17.6 Å². The predicted octanol–water partition coefficient (Wildman–Crippen LogP) is -0.764. The SMILES string of the molecule is O=S1(=O)CC2NCCN(CC3CCCO3)C2C1. The van der Waals surface area contributed by atoms with Crippen molar-refractivity contribution in [2.24, 2.45) is 0 Å². The number of rotatable bonds is 2. The largest absolute Gasteiger partial charge is 0.377 e. The van der Waals surface area contributed by atoms with Gasteiger partial charge in [-0.05, 0) is 12.8 Å². The summed E-state index contributed by atoms with van der Waals surface area (Å²) in [6.07, 6.45) is 2.58. The Morgan fingerprint density at radius 3 is 3.00 bits per heavy atom.